The van der Waals surface area contributed by atoms with Gasteiger partial charge in [-0.2, -0.15) is 0 Å². The minimum atomic E-state index is 0.182. The van der Waals surface area contributed by atoms with E-state index >= 15 is 0 Å². The summed E-state index contributed by atoms with van der Waals surface area (Å²) in [6, 6.07) is 13.4. The van der Waals surface area contributed by atoms with Crippen LogP contribution in [0, 0.1) is 0 Å². The number of benzene rings is 1. The van der Waals surface area contributed by atoms with Gasteiger partial charge >= 0.3 is 0 Å². The van der Waals surface area contributed by atoms with E-state index in [1.165, 1.54) is 0 Å². The van der Waals surface area contributed by atoms with Crippen molar-refractivity contribution in [3.8, 4) is 0 Å². The summed E-state index contributed by atoms with van der Waals surface area (Å²) >= 11 is 3.38. The van der Waals surface area contributed by atoms with Crippen LogP contribution in [0.15, 0.2) is 53.1 Å². The first-order chi connectivity index (χ1) is 10.2. The number of halogens is 1. The average molecular weight is 347 g/mol. The van der Waals surface area contributed by atoms with Gasteiger partial charge in [0.1, 0.15) is 0 Å². The first-order valence-electron chi connectivity index (χ1n) is 7.10. The summed E-state index contributed by atoms with van der Waals surface area (Å²) in [5, 5.41) is 0. The fraction of sp³-hybridized carbons (Fsp3) is 0.294. The molecule has 3 nitrogen and oxygen atoms in total. The van der Waals surface area contributed by atoms with Gasteiger partial charge in [-0.15, -0.1) is 0 Å². The Morgan fingerprint density at radius 3 is 2.57 bits per heavy atom. The van der Waals surface area contributed by atoms with E-state index in [1.54, 1.807) is 6.20 Å². The standard InChI is InChI=1S/C17H19BrN2O/c1-2-20(13-16-5-3-4-11-19-16)12-10-17(21)14-6-8-15(18)9-7-14/h3-9,11H,2,10,12-13H2,1H3. The molecule has 0 radical (unpaired) electrons. The first-order valence-corrected chi connectivity index (χ1v) is 7.89. The van der Waals surface area contributed by atoms with Gasteiger partial charge in [0.25, 0.3) is 0 Å². The molecule has 0 saturated heterocycles. The maximum absolute atomic E-state index is 12.2. The van der Waals surface area contributed by atoms with Crippen LogP contribution in [0.2, 0.25) is 0 Å². The molecule has 2 aromatic rings. The average Bonchev–Trinajstić information content (AvgIpc) is 2.52. The molecule has 21 heavy (non-hydrogen) atoms. The molecule has 0 saturated carbocycles. The number of hydrogen-bond donors (Lipinski definition) is 0. The highest BCUT2D eigenvalue weighted by molar-refractivity contribution is 9.10. The zero-order chi connectivity index (χ0) is 15.1. The zero-order valence-corrected chi connectivity index (χ0v) is 13.7. The van der Waals surface area contributed by atoms with Crippen LogP contribution < -0.4 is 0 Å². The van der Waals surface area contributed by atoms with E-state index in [0.717, 1.165) is 35.4 Å². The molecule has 0 aliphatic rings. The Morgan fingerprint density at radius 1 is 1.19 bits per heavy atom. The van der Waals surface area contributed by atoms with Crippen LogP contribution in [0.1, 0.15) is 29.4 Å². The van der Waals surface area contributed by atoms with Gasteiger partial charge in [0.05, 0.1) is 5.69 Å². The van der Waals surface area contributed by atoms with Crippen LogP contribution in [0.3, 0.4) is 0 Å². The van der Waals surface area contributed by atoms with Crippen molar-refractivity contribution >= 4 is 21.7 Å². The van der Waals surface area contributed by atoms with Crippen molar-refractivity contribution in [1.82, 2.24) is 9.88 Å². The molecule has 0 aliphatic heterocycles. The normalized spacial score (nSPS) is 10.8. The van der Waals surface area contributed by atoms with E-state index in [-0.39, 0.29) is 5.78 Å². The number of carbonyl (C=O) groups excluding carboxylic acids is 1. The molecule has 1 aromatic carbocycles. The minimum absolute atomic E-state index is 0.182. The molecule has 0 fully saturated rings. The van der Waals surface area contributed by atoms with E-state index < -0.39 is 0 Å². The highest BCUT2D eigenvalue weighted by Gasteiger charge is 2.10. The fourth-order valence-corrected chi connectivity index (χ4v) is 2.37. The van der Waals surface area contributed by atoms with E-state index in [1.807, 2.05) is 42.5 Å². The number of aromatic nitrogens is 1. The third-order valence-corrected chi connectivity index (χ3v) is 3.91. The van der Waals surface area contributed by atoms with Crippen molar-refractivity contribution in [3.05, 3.63) is 64.4 Å². The first kappa shape index (κ1) is 15.9. The van der Waals surface area contributed by atoms with E-state index in [0.29, 0.717) is 6.42 Å². The minimum Gasteiger partial charge on any atom is -0.297 e. The maximum atomic E-state index is 12.2. The number of Topliss-reactive ketones (excluding diaryl/α,β-unsaturated/α-hetero) is 1. The molecule has 4 heteroatoms. The molecule has 0 unspecified atom stereocenters. The Balaban J connectivity index is 1.88. The summed E-state index contributed by atoms with van der Waals surface area (Å²) in [6.07, 6.45) is 2.33. The van der Waals surface area contributed by atoms with Crippen LogP contribution in [0.25, 0.3) is 0 Å². The van der Waals surface area contributed by atoms with E-state index in [4.69, 9.17) is 0 Å². The number of ketones is 1. The summed E-state index contributed by atoms with van der Waals surface area (Å²) in [5.41, 5.74) is 1.81. The van der Waals surface area contributed by atoms with Crippen molar-refractivity contribution < 1.29 is 4.79 Å². The summed E-state index contributed by atoms with van der Waals surface area (Å²) < 4.78 is 0.990. The molecule has 0 N–H and O–H groups in total. The number of hydrogen-bond acceptors (Lipinski definition) is 3. The second kappa shape index (κ2) is 8.05. The molecule has 0 aliphatic carbocycles. The lowest BCUT2D eigenvalue weighted by Gasteiger charge is -2.19. The molecule has 0 bridgehead atoms. The Kier molecular flexibility index (Phi) is 6.08. The zero-order valence-electron chi connectivity index (χ0n) is 12.1. The quantitative estimate of drug-likeness (QED) is 0.712. The lowest BCUT2D eigenvalue weighted by molar-refractivity contribution is 0.0963. The van der Waals surface area contributed by atoms with Crippen LogP contribution in [-0.4, -0.2) is 28.8 Å². The molecule has 1 aromatic heterocycles. The SMILES string of the molecule is CCN(CCC(=O)c1ccc(Br)cc1)Cc1ccccn1. The molecule has 2 rings (SSSR count). The number of rotatable bonds is 7. The van der Waals surface area contributed by atoms with Gasteiger partial charge in [0, 0.05) is 35.7 Å². The molecular formula is C17H19BrN2O. The van der Waals surface area contributed by atoms with Crippen LogP contribution in [0.4, 0.5) is 0 Å². The van der Waals surface area contributed by atoms with Crippen molar-refractivity contribution in [2.24, 2.45) is 0 Å². The third-order valence-electron chi connectivity index (χ3n) is 3.38. The van der Waals surface area contributed by atoms with Crippen LogP contribution in [-0.2, 0) is 6.54 Å². The Labute approximate surface area is 134 Å². The summed E-state index contributed by atoms with van der Waals surface area (Å²) in [6.45, 7) is 4.55. The Bertz CT molecular complexity index is 569. The van der Waals surface area contributed by atoms with Gasteiger partial charge in [-0.1, -0.05) is 41.1 Å². The van der Waals surface area contributed by atoms with Gasteiger partial charge in [0.15, 0.2) is 5.78 Å². The highest BCUT2D eigenvalue weighted by Crippen LogP contribution is 2.12. The fourth-order valence-electron chi connectivity index (χ4n) is 2.11. The molecular weight excluding hydrogens is 328 g/mol. The van der Waals surface area contributed by atoms with Gasteiger partial charge in [0.2, 0.25) is 0 Å². The molecule has 0 amide bonds. The number of carbonyl (C=O) groups is 1. The monoisotopic (exact) mass is 346 g/mol. The van der Waals surface area contributed by atoms with Crippen LogP contribution >= 0.6 is 15.9 Å². The molecule has 1 heterocycles. The molecule has 0 spiro atoms. The van der Waals surface area contributed by atoms with E-state index in [2.05, 4.69) is 32.7 Å². The van der Waals surface area contributed by atoms with Gasteiger partial charge in [-0.3, -0.25) is 14.7 Å². The second-order valence-electron chi connectivity index (χ2n) is 4.87. The molecule has 0 atom stereocenters. The highest BCUT2D eigenvalue weighted by atomic mass is 79.9. The topological polar surface area (TPSA) is 33.2 Å². The number of nitrogens with zero attached hydrogens (tertiary/aromatic N) is 2. The largest absolute Gasteiger partial charge is 0.297 e. The smallest absolute Gasteiger partial charge is 0.164 e. The second-order valence-corrected chi connectivity index (χ2v) is 5.79. The van der Waals surface area contributed by atoms with E-state index in [9.17, 15) is 4.79 Å². The maximum Gasteiger partial charge on any atom is 0.164 e. The molecule has 110 valence electrons. The van der Waals surface area contributed by atoms with Gasteiger partial charge < -0.3 is 0 Å². The summed E-state index contributed by atoms with van der Waals surface area (Å²) in [5.74, 6) is 0.182. The number of pyridine rings is 1. The van der Waals surface area contributed by atoms with Gasteiger partial charge in [-0.25, -0.2) is 0 Å². The Morgan fingerprint density at radius 2 is 1.95 bits per heavy atom. The van der Waals surface area contributed by atoms with Gasteiger partial charge in [-0.05, 0) is 30.8 Å². The lowest BCUT2D eigenvalue weighted by atomic mass is 10.1. The summed E-state index contributed by atoms with van der Waals surface area (Å²) in [7, 11) is 0. The van der Waals surface area contributed by atoms with Crippen LogP contribution in [0.5, 0.6) is 0 Å². The predicted octanol–water partition coefficient (Wildman–Crippen LogP) is 3.94. The Hall–Kier alpha value is -1.52. The van der Waals surface area contributed by atoms with Crippen molar-refractivity contribution in [1.29, 1.82) is 0 Å². The van der Waals surface area contributed by atoms with Crippen molar-refractivity contribution in [3.63, 3.8) is 0 Å². The summed E-state index contributed by atoms with van der Waals surface area (Å²) in [4.78, 5) is 18.7. The van der Waals surface area contributed by atoms with Crippen molar-refractivity contribution in [2.75, 3.05) is 13.1 Å². The lowest BCUT2D eigenvalue weighted by Crippen LogP contribution is -2.26. The predicted molar refractivity (Wildman–Crippen MR) is 88.3 cm³/mol. The third kappa shape index (κ3) is 5.06. The van der Waals surface area contributed by atoms with Crippen molar-refractivity contribution in [2.45, 2.75) is 19.9 Å².